The molecular formula is C18H17ClF2N6. The minimum absolute atomic E-state index is 0.100. The Kier molecular flexibility index (Phi) is 5.00. The third kappa shape index (κ3) is 3.91. The molecule has 3 aromatic rings. The maximum absolute atomic E-state index is 13.9. The topological polar surface area (TPSA) is 50.1 Å². The van der Waals surface area contributed by atoms with Crippen LogP contribution in [0.15, 0.2) is 43.0 Å². The third-order valence-corrected chi connectivity index (χ3v) is 4.77. The number of piperazine rings is 1. The van der Waals surface area contributed by atoms with Crippen molar-refractivity contribution in [3.8, 4) is 5.69 Å². The van der Waals surface area contributed by atoms with Crippen molar-refractivity contribution in [2.75, 3.05) is 31.1 Å². The van der Waals surface area contributed by atoms with E-state index in [1.165, 1.54) is 4.68 Å². The van der Waals surface area contributed by atoms with Crippen LogP contribution in [0.5, 0.6) is 0 Å². The molecule has 6 nitrogen and oxygen atoms in total. The summed E-state index contributed by atoms with van der Waals surface area (Å²) in [6, 6.07) is 3.32. The fourth-order valence-electron chi connectivity index (χ4n) is 3.14. The first-order valence-corrected chi connectivity index (χ1v) is 8.91. The Labute approximate surface area is 160 Å². The van der Waals surface area contributed by atoms with E-state index < -0.39 is 11.6 Å². The molecule has 140 valence electrons. The molecule has 1 aliphatic rings. The number of anilines is 1. The summed E-state index contributed by atoms with van der Waals surface area (Å²) >= 11 is 6.11. The fraction of sp³-hybridized carbons (Fsp3) is 0.278. The molecule has 0 N–H and O–H groups in total. The van der Waals surface area contributed by atoms with Gasteiger partial charge in [-0.15, -0.1) is 0 Å². The van der Waals surface area contributed by atoms with Gasteiger partial charge in [0.1, 0.15) is 17.3 Å². The highest BCUT2D eigenvalue weighted by Gasteiger charge is 2.20. The highest BCUT2D eigenvalue weighted by Crippen LogP contribution is 2.22. The molecule has 1 fully saturated rings. The lowest BCUT2D eigenvalue weighted by atomic mass is 10.2. The van der Waals surface area contributed by atoms with Gasteiger partial charge in [-0.2, -0.15) is 5.10 Å². The van der Waals surface area contributed by atoms with Crippen LogP contribution in [0.3, 0.4) is 0 Å². The number of halogens is 3. The van der Waals surface area contributed by atoms with Crippen LogP contribution in [0.25, 0.3) is 5.69 Å². The number of nitrogens with zero attached hydrogens (tertiary/aromatic N) is 6. The smallest absolute Gasteiger partial charge is 0.171 e. The summed E-state index contributed by atoms with van der Waals surface area (Å²) in [6.45, 7) is 3.90. The van der Waals surface area contributed by atoms with Crippen LogP contribution in [0.2, 0.25) is 5.15 Å². The number of aromatic nitrogens is 4. The lowest BCUT2D eigenvalue weighted by Crippen LogP contribution is -2.46. The van der Waals surface area contributed by atoms with E-state index in [0.29, 0.717) is 17.5 Å². The second-order valence-electron chi connectivity index (χ2n) is 6.32. The van der Waals surface area contributed by atoms with Crippen LogP contribution in [0.1, 0.15) is 5.56 Å². The Bertz CT molecular complexity index is 939. The van der Waals surface area contributed by atoms with Crippen LogP contribution in [0, 0.1) is 11.6 Å². The Morgan fingerprint density at radius 3 is 2.59 bits per heavy atom. The van der Waals surface area contributed by atoms with Gasteiger partial charge < -0.3 is 4.90 Å². The van der Waals surface area contributed by atoms with Crippen molar-refractivity contribution in [2.45, 2.75) is 6.54 Å². The third-order valence-electron chi connectivity index (χ3n) is 4.50. The molecule has 4 rings (SSSR count). The molecule has 2 aromatic heterocycles. The van der Waals surface area contributed by atoms with Gasteiger partial charge in [-0.05, 0) is 12.1 Å². The lowest BCUT2D eigenvalue weighted by Gasteiger charge is -2.35. The van der Waals surface area contributed by atoms with Crippen molar-refractivity contribution in [3.63, 3.8) is 0 Å². The van der Waals surface area contributed by atoms with Gasteiger partial charge in [-0.1, -0.05) is 11.6 Å². The second kappa shape index (κ2) is 7.58. The summed E-state index contributed by atoms with van der Waals surface area (Å²) in [4.78, 5) is 12.7. The number of hydrogen-bond acceptors (Lipinski definition) is 5. The summed E-state index contributed by atoms with van der Waals surface area (Å²) < 4.78 is 28.6. The van der Waals surface area contributed by atoms with Gasteiger partial charge in [0.25, 0.3) is 0 Å². The molecule has 9 heteroatoms. The summed E-state index contributed by atoms with van der Waals surface area (Å²) in [5, 5.41) is 4.57. The molecule has 0 saturated carbocycles. The Morgan fingerprint density at radius 2 is 1.81 bits per heavy atom. The molecule has 27 heavy (non-hydrogen) atoms. The minimum Gasteiger partial charge on any atom is -0.351 e. The Hall–Kier alpha value is -2.58. The largest absolute Gasteiger partial charge is 0.351 e. The van der Waals surface area contributed by atoms with Gasteiger partial charge in [0.05, 0.1) is 6.20 Å². The van der Waals surface area contributed by atoms with Gasteiger partial charge in [0, 0.05) is 62.9 Å². The zero-order valence-corrected chi connectivity index (χ0v) is 15.2. The van der Waals surface area contributed by atoms with E-state index >= 15 is 0 Å². The minimum atomic E-state index is -0.513. The Morgan fingerprint density at radius 1 is 1.04 bits per heavy atom. The second-order valence-corrected chi connectivity index (χ2v) is 6.68. The van der Waals surface area contributed by atoms with Crippen molar-refractivity contribution in [1.29, 1.82) is 0 Å². The molecule has 1 saturated heterocycles. The van der Waals surface area contributed by atoms with Gasteiger partial charge in [0.2, 0.25) is 0 Å². The summed E-state index contributed by atoms with van der Waals surface area (Å²) in [6.07, 6.45) is 6.61. The average Bonchev–Trinajstić information content (AvgIpc) is 3.13. The summed E-state index contributed by atoms with van der Waals surface area (Å²) in [7, 11) is 0. The van der Waals surface area contributed by atoms with Crippen LogP contribution in [0.4, 0.5) is 14.6 Å². The van der Waals surface area contributed by atoms with Gasteiger partial charge in [-0.3, -0.25) is 4.90 Å². The van der Waals surface area contributed by atoms with Crippen molar-refractivity contribution < 1.29 is 8.78 Å². The van der Waals surface area contributed by atoms with Crippen molar-refractivity contribution in [1.82, 2.24) is 24.6 Å². The van der Waals surface area contributed by atoms with E-state index in [2.05, 4.69) is 24.9 Å². The molecule has 0 amide bonds. The van der Waals surface area contributed by atoms with Crippen LogP contribution in [-0.2, 0) is 6.54 Å². The summed E-state index contributed by atoms with van der Waals surface area (Å²) in [5.74, 6) is -0.309. The quantitative estimate of drug-likeness (QED) is 0.685. The van der Waals surface area contributed by atoms with Crippen LogP contribution in [-0.4, -0.2) is 50.8 Å². The first-order chi connectivity index (χ1) is 13.1. The predicted octanol–water partition coefficient (Wildman–Crippen LogP) is 2.92. The molecule has 0 aliphatic carbocycles. The van der Waals surface area contributed by atoms with Gasteiger partial charge >= 0.3 is 0 Å². The maximum atomic E-state index is 13.9. The fourth-order valence-corrected chi connectivity index (χ4v) is 3.36. The predicted molar refractivity (Wildman–Crippen MR) is 98.0 cm³/mol. The maximum Gasteiger partial charge on any atom is 0.171 e. The molecule has 1 aromatic carbocycles. The normalized spacial score (nSPS) is 15.3. The van der Waals surface area contributed by atoms with Crippen molar-refractivity contribution >= 4 is 17.4 Å². The van der Waals surface area contributed by atoms with E-state index in [4.69, 9.17) is 11.6 Å². The average molecular weight is 391 g/mol. The summed E-state index contributed by atoms with van der Waals surface area (Å²) in [5.41, 5.74) is 1.04. The van der Waals surface area contributed by atoms with E-state index in [1.807, 2.05) is 0 Å². The number of benzene rings is 1. The van der Waals surface area contributed by atoms with Crippen molar-refractivity contribution in [3.05, 3.63) is 65.3 Å². The number of hydrogen-bond donors (Lipinski definition) is 0. The highest BCUT2D eigenvalue weighted by atomic mass is 35.5. The lowest BCUT2D eigenvalue weighted by molar-refractivity contribution is 0.249. The molecule has 0 bridgehead atoms. The zero-order chi connectivity index (χ0) is 18.8. The van der Waals surface area contributed by atoms with Crippen LogP contribution >= 0.6 is 11.6 Å². The first-order valence-electron chi connectivity index (χ1n) is 8.53. The molecule has 0 radical (unpaired) electrons. The van der Waals surface area contributed by atoms with Crippen LogP contribution < -0.4 is 4.90 Å². The monoisotopic (exact) mass is 390 g/mol. The zero-order valence-electron chi connectivity index (χ0n) is 14.4. The van der Waals surface area contributed by atoms with E-state index in [9.17, 15) is 8.78 Å². The molecule has 1 aliphatic heterocycles. The van der Waals surface area contributed by atoms with Crippen molar-refractivity contribution in [2.24, 2.45) is 0 Å². The Balaban J connectivity index is 1.39. The molecule has 0 atom stereocenters. The SMILES string of the molecule is Fc1ccc(F)c(-n2cc(CN3CCN(c4nccnc4Cl)CC3)cn2)c1. The van der Waals surface area contributed by atoms with Gasteiger partial charge in [-0.25, -0.2) is 23.4 Å². The first kappa shape index (κ1) is 17.8. The standard InChI is InChI=1S/C18H17ClF2N6/c19-17-18(23-4-3-22-17)26-7-5-25(6-8-26)11-13-10-24-27(12-13)16-9-14(20)1-2-15(16)21/h1-4,9-10,12H,5-8,11H2. The van der Waals surface area contributed by atoms with Gasteiger partial charge in [0.15, 0.2) is 11.0 Å². The molecule has 3 heterocycles. The highest BCUT2D eigenvalue weighted by molar-refractivity contribution is 6.31. The van der Waals surface area contributed by atoms with E-state index in [1.54, 1.807) is 24.8 Å². The number of rotatable bonds is 4. The molecule has 0 spiro atoms. The molecule has 0 unspecified atom stereocenters. The van der Waals surface area contributed by atoms with E-state index in [0.717, 1.165) is 49.9 Å². The molecular weight excluding hydrogens is 374 g/mol. The van der Waals surface area contributed by atoms with E-state index in [-0.39, 0.29) is 5.69 Å².